The molecule has 1 aliphatic heterocycles. The molecule has 0 aromatic heterocycles. The van der Waals surface area contributed by atoms with Gasteiger partial charge in [0.05, 0.1) is 0 Å². The van der Waals surface area contributed by atoms with Crippen molar-refractivity contribution in [3.63, 3.8) is 0 Å². The SMILES string of the molecule is C=C1SCCSC1CC. The predicted molar refractivity (Wildman–Crippen MR) is 48.1 cm³/mol. The average Bonchev–Trinajstić information content (AvgIpc) is 1.89. The summed E-state index contributed by atoms with van der Waals surface area (Å²) in [6, 6.07) is 0. The zero-order valence-electron chi connectivity index (χ0n) is 5.72. The van der Waals surface area contributed by atoms with Crippen molar-refractivity contribution < 1.29 is 0 Å². The van der Waals surface area contributed by atoms with Crippen LogP contribution in [0.4, 0.5) is 0 Å². The summed E-state index contributed by atoms with van der Waals surface area (Å²) in [5.74, 6) is 2.57. The summed E-state index contributed by atoms with van der Waals surface area (Å²) in [6.45, 7) is 6.24. The molecule has 0 aliphatic carbocycles. The highest BCUT2D eigenvalue weighted by molar-refractivity contribution is 8.09. The Morgan fingerprint density at radius 3 is 2.89 bits per heavy atom. The molecule has 1 atom stereocenters. The van der Waals surface area contributed by atoms with E-state index >= 15 is 0 Å². The van der Waals surface area contributed by atoms with Crippen molar-refractivity contribution in [3.05, 3.63) is 11.5 Å². The van der Waals surface area contributed by atoms with E-state index in [0.717, 1.165) is 5.25 Å². The number of hydrogen-bond donors (Lipinski definition) is 0. The van der Waals surface area contributed by atoms with Gasteiger partial charge in [0.15, 0.2) is 0 Å². The summed E-state index contributed by atoms with van der Waals surface area (Å²) in [4.78, 5) is 1.38. The first-order valence-electron chi connectivity index (χ1n) is 3.27. The van der Waals surface area contributed by atoms with Crippen molar-refractivity contribution in [2.24, 2.45) is 0 Å². The van der Waals surface area contributed by atoms with Gasteiger partial charge in [-0.15, -0.1) is 11.8 Å². The summed E-state index contributed by atoms with van der Waals surface area (Å²) in [7, 11) is 0. The average molecular weight is 160 g/mol. The quantitative estimate of drug-likeness (QED) is 0.578. The molecule has 1 heterocycles. The van der Waals surface area contributed by atoms with Crippen molar-refractivity contribution in [1.82, 2.24) is 0 Å². The molecular formula is C7H12S2. The topological polar surface area (TPSA) is 0 Å². The molecule has 0 saturated carbocycles. The molecule has 0 amide bonds. The fourth-order valence-corrected chi connectivity index (χ4v) is 3.34. The second-order valence-corrected chi connectivity index (χ2v) is 4.61. The van der Waals surface area contributed by atoms with Gasteiger partial charge in [-0.25, -0.2) is 0 Å². The summed E-state index contributed by atoms with van der Waals surface area (Å²) < 4.78 is 0. The number of hydrogen-bond acceptors (Lipinski definition) is 2. The molecule has 1 rings (SSSR count). The fraction of sp³-hybridized carbons (Fsp3) is 0.714. The van der Waals surface area contributed by atoms with E-state index in [1.807, 2.05) is 11.8 Å². The maximum atomic E-state index is 4.01. The maximum Gasteiger partial charge on any atom is 0.0348 e. The highest BCUT2D eigenvalue weighted by Gasteiger charge is 2.15. The van der Waals surface area contributed by atoms with Crippen molar-refractivity contribution in [1.29, 1.82) is 0 Å². The van der Waals surface area contributed by atoms with Crippen LogP contribution in [0.5, 0.6) is 0 Å². The van der Waals surface area contributed by atoms with Crippen LogP contribution in [0.15, 0.2) is 11.5 Å². The minimum absolute atomic E-state index is 0.740. The fourth-order valence-electron chi connectivity index (χ4n) is 0.895. The molecule has 0 aromatic carbocycles. The van der Waals surface area contributed by atoms with Crippen LogP contribution in [-0.2, 0) is 0 Å². The molecule has 0 spiro atoms. The summed E-state index contributed by atoms with van der Waals surface area (Å²) in [6.07, 6.45) is 1.25. The van der Waals surface area contributed by atoms with Gasteiger partial charge < -0.3 is 0 Å². The lowest BCUT2D eigenvalue weighted by Crippen LogP contribution is -2.09. The van der Waals surface area contributed by atoms with Crippen LogP contribution in [0.25, 0.3) is 0 Å². The lowest BCUT2D eigenvalue weighted by Gasteiger charge is -2.21. The minimum atomic E-state index is 0.740. The summed E-state index contributed by atoms with van der Waals surface area (Å²) in [5.41, 5.74) is 0. The molecular weight excluding hydrogens is 148 g/mol. The van der Waals surface area contributed by atoms with Crippen LogP contribution < -0.4 is 0 Å². The van der Waals surface area contributed by atoms with E-state index in [1.54, 1.807) is 0 Å². The van der Waals surface area contributed by atoms with Crippen LogP contribution in [0.3, 0.4) is 0 Å². The van der Waals surface area contributed by atoms with Crippen LogP contribution in [-0.4, -0.2) is 16.8 Å². The van der Waals surface area contributed by atoms with Crippen LogP contribution in [0, 0.1) is 0 Å². The number of thioether (sulfide) groups is 2. The summed E-state index contributed by atoms with van der Waals surface area (Å²) in [5, 5.41) is 0.740. The van der Waals surface area contributed by atoms with Crippen molar-refractivity contribution >= 4 is 23.5 Å². The Kier molecular flexibility index (Phi) is 2.99. The molecule has 2 heteroatoms. The first kappa shape index (κ1) is 7.55. The first-order valence-corrected chi connectivity index (χ1v) is 5.31. The highest BCUT2D eigenvalue weighted by atomic mass is 32.2. The van der Waals surface area contributed by atoms with Gasteiger partial charge in [0, 0.05) is 16.8 Å². The minimum Gasteiger partial charge on any atom is -0.152 e. The van der Waals surface area contributed by atoms with Crippen LogP contribution in [0.2, 0.25) is 0 Å². The van der Waals surface area contributed by atoms with E-state index < -0.39 is 0 Å². The maximum absolute atomic E-state index is 4.01. The molecule has 0 radical (unpaired) electrons. The summed E-state index contributed by atoms with van der Waals surface area (Å²) >= 11 is 3.99. The third-order valence-corrected chi connectivity index (χ3v) is 4.35. The second kappa shape index (κ2) is 3.57. The molecule has 1 fully saturated rings. The van der Waals surface area contributed by atoms with Gasteiger partial charge in [-0.1, -0.05) is 13.5 Å². The van der Waals surface area contributed by atoms with E-state index in [4.69, 9.17) is 0 Å². The van der Waals surface area contributed by atoms with E-state index in [2.05, 4.69) is 25.3 Å². The third kappa shape index (κ3) is 1.94. The Morgan fingerprint density at radius 2 is 2.44 bits per heavy atom. The Balaban J connectivity index is 2.39. The lowest BCUT2D eigenvalue weighted by atomic mass is 10.3. The molecule has 0 N–H and O–H groups in total. The largest absolute Gasteiger partial charge is 0.152 e. The zero-order chi connectivity index (χ0) is 6.69. The van der Waals surface area contributed by atoms with Gasteiger partial charge in [0.2, 0.25) is 0 Å². The van der Waals surface area contributed by atoms with Gasteiger partial charge in [-0.05, 0) is 11.3 Å². The van der Waals surface area contributed by atoms with Gasteiger partial charge in [0.1, 0.15) is 0 Å². The van der Waals surface area contributed by atoms with Gasteiger partial charge in [-0.3, -0.25) is 0 Å². The molecule has 1 saturated heterocycles. The Morgan fingerprint density at radius 1 is 1.67 bits per heavy atom. The molecule has 52 valence electrons. The lowest BCUT2D eigenvalue weighted by molar-refractivity contribution is 0.964. The van der Waals surface area contributed by atoms with Gasteiger partial charge in [-0.2, -0.15) is 11.8 Å². The number of rotatable bonds is 1. The van der Waals surface area contributed by atoms with Crippen molar-refractivity contribution in [3.8, 4) is 0 Å². The molecule has 1 aliphatic rings. The van der Waals surface area contributed by atoms with Crippen LogP contribution >= 0.6 is 23.5 Å². The monoisotopic (exact) mass is 160 g/mol. The smallest absolute Gasteiger partial charge is 0.0348 e. The Bertz CT molecular complexity index is 109. The standard InChI is InChI=1S/C7H12S2/c1-3-7-6(2)8-4-5-9-7/h7H,2-5H2,1H3. The highest BCUT2D eigenvalue weighted by Crippen LogP contribution is 2.34. The second-order valence-electron chi connectivity index (χ2n) is 2.08. The molecule has 1 unspecified atom stereocenters. The molecule has 0 bridgehead atoms. The van der Waals surface area contributed by atoms with E-state index in [1.165, 1.54) is 22.8 Å². The van der Waals surface area contributed by atoms with E-state index in [-0.39, 0.29) is 0 Å². The predicted octanol–water partition coefficient (Wildman–Crippen LogP) is 2.76. The molecule has 9 heavy (non-hydrogen) atoms. The van der Waals surface area contributed by atoms with E-state index in [0.29, 0.717) is 0 Å². The zero-order valence-corrected chi connectivity index (χ0v) is 7.36. The van der Waals surface area contributed by atoms with Gasteiger partial charge >= 0.3 is 0 Å². The molecule has 0 nitrogen and oxygen atoms in total. The Labute approximate surface area is 65.5 Å². The third-order valence-electron chi connectivity index (χ3n) is 1.42. The first-order chi connectivity index (χ1) is 4.34. The normalized spacial score (nSPS) is 28.6. The van der Waals surface area contributed by atoms with Crippen molar-refractivity contribution in [2.75, 3.05) is 11.5 Å². The molecule has 0 aromatic rings. The van der Waals surface area contributed by atoms with Crippen LogP contribution in [0.1, 0.15) is 13.3 Å². The Hall–Kier alpha value is 0.440. The van der Waals surface area contributed by atoms with Crippen molar-refractivity contribution in [2.45, 2.75) is 18.6 Å². The van der Waals surface area contributed by atoms with E-state index in [9.17, 15) is 0 Å². The van der Waals surface area contributed by atoms with Gasteiger partial charge in [0.25, 0.3) is 0 Å².